The summed E-state index contributed by atoms with van der Waals surface area (Å²) in [6.07, 6.45) is -4.42. The molecule has 1 aliphatic heterocycles. The summed E-state index contributed by atoms with van der Waals surface area (Å²) in [4.78, 5) is 0. The summed E-state index contributed by atoms with van der Waals surface area (Å²) >= 11 is 5.03. The van der Waals surface area contributed by atoms with E-state index in [1.807, 2.05) is 0 Å². The van der Waals surface area contributed by atoms with Crippen LogP contribution in [0.4, 0.5) is 0 Å². The summed E-state index contributed by atoms with van der Waals surface area (Å²) in [5.74, 6) is 0. The molecule has 1 fully saturated rings. The van der Waals surface area contributed by atoms with Gasteiger partial charge in [0.15, 0.2) is 6.29 Å². The lowest BCUT2D eigenvalue weighted by Crippen LogP contribution is -2.61. The second kappa shape index (κ2) is 4.52. The second-order valence-electron chi connectivity index (χ2n) is 2.87. The monoisotopic (exact) mass is 213 g/mol. The van der Waals surface area contributed by atoms with Crippen LogP contribution in [-0.2, 0) is 9.03 Å². The Labute approximate surface area is 80.0 Å². The zero-order valence-electron chi connectivity index (χ0n) is 6.71. The Morgan fingerprint density at radius 1 is 1.38 bits per heavy atom. The second-order valence-corrected chi connectivity index (χ2v) is 3.05. The fourth-order valence-electron chi connectivity index (χ4n) is 1.18. The predicted octanol–water partition coefficient (Wildman–Crippen LogP) is -2.08. The average molecular weight is 214 g/mol. The molecule has 1 aliphatic rings. The molecule has 0 aromatic rings. The van der Waals surface area contributed by atoms with Crippen LogP contribution in [0.25, 0.3) is 0 Å². The van der Waals surface area contributed by atoms with Gasteiger partial charge in [-0.25, -0.2) is 4.29 Å². The van der Waals surface area contributed by atoms with E-state index >= 15 is 0 Å². The third-order valence-electron chi connectivity index (χ3n) is 2.02. The van der Waals surface area contributed by atoms with E-state index in [2.05, 4.69) is 4.29 Å². The van der Waals surface area contributed by atoms with Crippen LogP contribution >= 0.6 is 11.9 Å². The van der Waals surface area contributed by atoms with Crippen LogP contribution in [-0.4, -0.2) is 52.6 Å². The lowest BCUT2D eigenvalue weighted by Gasteiger charge is -2.38. The SMILES string of the molecule is N[C@H]1C(OCl)O[C@H](CO)[C@H](O)[C@@H]1O. The van der Waals surface area contributed by atoms with E-state index in [9.17, 15) is 10.2 Å². The van der Waals surface area contributed by atoms with Crippen LogP contribution in [0.1, 0.15) is 0 Å². The van der Waals surface area contributed by atoms with Crippen molar-refractivity contribution in [2.45, 2.75) is 30.6 Å². The Morgan fingerprint density at radius 3 is 2.46 bits per heavy atom. The maximum Gasteiger partial charge on any atom is 0.195 e. The molecule has 0 saturated carbocycles. The van der Waals surface area contributed by atoms with Crippen molar-refractivity contribution < 1.29 is 24.3 Å². The molecule has 7 heteroatoms. The number of hydrogen-bond acceptors (Lipinski definition) is 6. The molecule has 1 saturated heterocycles. The minimum absolute atomic E-state index is 0.443. The molecule has 0 radical (unpaired) electrons. The Balaban J connectivity index is 2.66. The van der Waals surface area contributed by atoms with Crippen molar-refractivity contribution in [1.29, 1.82) is 0 Å². The molecular formula is C6H12ClNO5. The van der Waals surface area contributed by atoms with Gasteiger partial charge in [-0.05, 0) is 0 Å². The first-order valence-corrected chi connectivity index (χ1v) is 4.08. The van der Waals surface area contributed by atoms with Crippen LogP contribution < -0.4 is 5.73 Å². The molecule has 78 valence electrons. The van der Waals surface area contributed by atoms with Crippen molar-refractivity contribution in [3.05, 3.63) is 0 Å². The molecule has 1 heterocycles. The minimum Gasteiger partial charge on any atom is -0.394 e. The molecule has 1 unspecified atom stereocenters. The molecule has 5 atom stereocenters. The zero-order chi connectivity index (χ0) is 10.0. The maximum atomic E-state index is 9.34. The van der Waals surface area contributed by atoms with Crippen LogP contribution in [0, 0.1) is 0 Å². The van der Waals surface area contributed by atoms with Gasteiger partial charge < -0.3 is 25.8 Å². The summed E-state index contributed by atoms with van der Waals surface area (Å²) in [6.45, 7) is -0.443. The molecule has 5 N–H and O–H groups in total. The van der Waals surface area contributed by atoms with Crippen molar-refractivity contribution >= 4 is 11.9 Å². The van der Waals surface area contributed by atoms with Crippen LogP contribution in [0.5, 0.6) is 0 Å². The number of ether oxygens (including phenoxy) is 1. The van der Waals surface area contributed by atoms with E-state index in [0.717, 1.165) is 0 Å². The van der Waals surface area contributed by atoms with Gasteiger partial charge in [-0.3, -0.25) is 0 Å². The van der Waals surface area contributed by atoms with Gasteiger partial charge in [0.2, 0.25) is 0 Å². The van der Waals surface area contributed by atoms with E-state index in [0.29, 0.717) is 0 Å². The number of halogens is 1. The standard InChI is InChI=1S/C6H12ClNO5/c7-13-6-3(8)5(11)4(10)2(1-9)12-6/h2-6,9-11H,1,8H2/t2-,3-,4+,5-,6?/m1/s1. The molecule has 13 heavy (non-hydrogen) atoms. The van der Waals surface area contributed by atoms with Gasteiger partial charge in [-0.15, -0.1) is 0 Å². The fraction of sp³-hybridized carbons (Fsp3) is 1.00. The van der Waals surface area contributed by atoms with Crippen molar-refractivity contribution in [1.82, 2.24) is 0 Å². The Morgan fingerprint density at radius 2 is 2.00 bits per heavy atom. The summed E-state index contributed by atoms with van der Waals surface area (Å²) in [7, 11) is 0. The smallest absolute Gasteiger partial charge is 0.195 e. The highest BCUT2D eigenvalue weighted by Gasteiger charge is 2.43. The molecule has 0 spiro atoms. The number of aliphatic hydroxyl groups excluding tert-OH is 3. The normalized spacial score (nSPS) is 46.4. The topological polar surface area (TPSA) is 105 Å². The number of aliphatic hydroxyl groups is 3. The van der Waals surface area contributed by atoms with E-state index < -0.39 is 37.3 Å². The summed E-state index contributed by atoms with van der Waals surface area (Å²) < 4.78 is 9.24. The Hall–Kier alpha value is 0.0500. The minimum atomic E-state index is -1.23. The van der Waals surface area contributed by atoms with Gasteiger partial charge in [-0.2, -0.15) is 0 Å². The summed E-state index contributed by atoms with van der Waals surface area (Å²) in [5, 5.41) is 27.4. The van der Waals surface area contributed by atoms with Gasteiger partial charge in [0, 0.05) is 0 Å². The summed E-state index contributed by atoms with van der Waals surface area (Å²) in [6, 6.07) is -0.935. The molecule has 0 bridgehead atoms. The number of nitrogens with two attached hydrogens (primary N) is 1. The molecule has 1 rings (SSSR count). The first-order chi connectivity index (χ1) is 6.11. The van der Waals surface area contributed by atoms with Gasteiger partial charge in [0.05, 0.1) is 24.5 Å². The van der Waals surface area contributed by atoms with Crippen LogP contribution in [0.2, 0.25) is 0 Å². The molecule has 0 aliphatic carbocycles. The summed E-state index contributed by atoms with van der Waals surface area (Å²) in [5.41, 5.74) is 5.41. The number of rotatable bonds is 2. The first kappa shape index (κ1) is 11.1. The van der Waals surface area contributed by atoms with Crippen molar-refractivity contribution in [3.8, 4) is 0 Å². The van der Waals surface area contributed by atoms with E-state index in [4.69, 9.17) is 27.4 Å². The zero-order valence-corrected chi connectivity index (χ0v) is 7.46. The quantitative estimate of drug-likeness (QED) is 0.420. The third kappa shape index (κ3) is 2.10. The van der Waals surface area contributed by atoms with Crippen LogP contribution in [0.15, 0.2) is 0 Å². The molecule has 0 aromatic carbocycles. The van der Waals surface area contributed by atoms with Gasteiger partial charge in [-0.1, -0.05) is 0 Å². The van der Waals surface area contributed by atoms with E-state index in [1.165, 1.54) is 0 Å². The van der Waals surface area contributed by atoms with Gasteiger partial charge in [0.1, 0.15) is 18.3 Å². The van der Waals surface area contributed by atoms with Crippen molar-refractivity contribution in [2.24, 2.45) is 5.73 Å². The lowest BCUT2D eigenvalue weighted by molar-refractivity contribution is -0.238. The van der Waals surface area contributed by atoms with E-state index in [1.54, 1.807) is 0 Å². The molecule has 0 amide bonds. The highest BCUT2D eigenvalue weighted by atomic mass is 35.5. The average Bonchev–Trinajstić information content (AvgIpc) is 2.15. The van der Waals surface area contributed by atoms with Crippen LogP contribution in [0.3, 0.4) is 0 Å². The fourth-order valence-corrected chi connectivity index (χ4v) is 1.34. The predicted molar refractivity (Wildman–Crippen MR) is 42.7 cm³/mol. The van der Waals surface area contributed by atoms with Gasteiger partial charge in [0.25, 0.3) is 0 Å². The van der Waals surface area contributed by atoms with Crippen molar-refractivity contribution in [3.63, 3.8) is 0 Å². The maximum absolute atomic E-state index is 9.34. The lowest BCUT2D eigenvalue weighted by atomic mass is 9.98. The Bertz CT molecular complexity index is 151. The van der Waals surface area contributed by atoms with Crippen molar-refractivity contribution in [2.75, 3.05) is 6.61 Å². The highest BCUT2D eigenvalue weighted by molar-refractivity contribution is 6.07. The highest BCUT2D eigenvalue weighted by Crippen LogP contribution is 2.20. The third-order valence-corrected chi connectivity index (χ3v) is 2.19. The van der Waals surface area contributed by atoms with Gasteiger partial charge >= 0.3 is 0 Å². The van der Waals surface area contributed by atoms with E-state index in [-0.39, 0.29) is 0 Å². The molecule has 0 aromatic heterocycles. The molecule has 6 nitrogen and oxygen atoms in total. The molecular weight excluding hydrogens is 202 g/mol. The number of hydrogen-bond donors (Lipinski definition) is 4. The Kier molecular flexibility index (Phi) is 3.87. The first-order valence-electron chi connectivity index (χ1n) is 3.77. The largest absolute Gasteiger partial charge is 0.394 e.